The van der Waals surface area contributed by atoms with Gasteiger partial charge in [0.25, 0.3) is 0 Å². The molecule has 2 heterocycles. The zero-order chi connectivity index (χ0) is 19.4. The second-order valence-corrected chi connectivity index (χ2v) is 7.37. The number of carboxylic acid groups (broad SMARTS) is 1. The van der Waals surface area contributed by atoms with E-state index >= 15 is 0 Å². The molecular weight excluding hydrogens is 352 g/mol. The molecule has 0 saturated heterocycles. The average molecular weight is 372 g/mol. The lowest BCUT2D eigenvalue weighted by molar-refractivity contribution is 0.0693. The average Bonchev–Trinajstić information content (AvgIpc) is 3.00. The van der Waals surface area contributed by atoms with Gasteiger partial charge in [0.1, 0.15) is 17.4 Å². The van der Waals surface area contributed by atoms with Crippen molar-refractivity contribution in [3.05, 3.63) is 71.0 Å². The number of carbonyl (C=O) groups is 1. The minimum atomic E-state index is -0.926. The van der Waals surface area contributed by atoms with E-state index in [-0.39, 0.29) is 6.10 Å². The van der Waals surface area contributed by atoms with Crippen LogP contribution < -0.4 is 4.74 Å². The SMILES string of the molecule is Cc1nc2c3c(c(C(=O)O)cc2n1C)CC[C@@H](c1ccc2ccccc2c1)O3. The first-order chi connectivity index (χ1) is 13.5. The minimum absolute atomic E-state index is 0.119. The third-order valence-corrected chi connectivity index (χ3v) is 5.75. The second-order valence-electron chi connectivity index (χ2n) is 7.37. The number of hydrogen-bond donors (Lipinski definition) is 1. The molecule has 1 aliphatic rings. The van der Waals surface area contributed by atoms with Crippen LogP contribution in [0, 0.1) is 6.92 Å². The molecule has 0 spiro atoms. The summed E-state index contributed by atoms with van der Waals surface area (Å²) in [5, 5.41) is 12.1. The highest BCUT2D eigenvalue weighted by atomic mass is 16.5. The quantitative estimate of drug-likeness (QED) is 0.549. The van der Waals surface area contributed by atoms with E-state index in [2.05, 4.69) is 35.3 Å². The van der Waals surface area contributed by atoms with Crippen molar-refractivity contribution < 1.29 is 14.6 Å². The number of fused-ring (bicyclic) bond motifs is 4. The van der Waals surface area contributed by atoms with Gasteiger partial charge in [0.05, 0.1) is 11.1 Å². The van der Waals surface area contributed by atoms with Crippen molar-refractivity contribution in [2.45, 2.75) is 25.9 Å². The number of aromatic nitrogens is 2. The van der Waals surface area contributed by atoms with E-state index in [4.69, 9.17) is 4.74 Å². The lowest BCUT2D eigenvalue weighted by atomic mass is 9.92. The van der Waals surface area contributed by atoms with Gasteiger partial charge in [0.15, 0.2) is 5.75 Å². The number of aryl methyl sites for hydroxylation is 2. The van der Waals surface area contributed by atoms with Gasteiger partial charge in [-0.05, 0) is 48.2 Å². The molecule has 0 bridgehead atoms. The van der Waals surface area contributed by atoms with Crippen molar-refractivity contribution in [1.29, 1.82) is 0 Å². The maximum absolute atomic E-state index is 11.8. The molecular formula is C23H20N2O3. The predicted molar refractivity (Wildman–Crippen MR) is 108 cm³/mol. The van der Waals surface area contributed by atoms with Crippen LogP contribution in [-0.4, -0.2) is 20.6 Å². The van der Waals surface area contributed by atoms with Crippen molar-refractivity contribution >= 4 is 27.8 Å². The van der Waals surface area contributed by atoms with Crippen LogP contribution in [0.2, 0.25) is 0 Å². The van der Waals surface area contributed by atoms with E-state index < -0.39 is 5.97 Å². The topological polar surface area (TPSA) is 64.3 Å². The van der Waals surface area contributed by atoms with E-state index in [0.717, 1.165) is 34.4 Å². The number of imidazole rings is 1. The fourth-order valence-electron chi connectivity index (χ4n) is 4.13. The molecule has 1 atom stereocenters. The molecule has 1 N–H and O–H groups in total. The Morgan fingerprint density at radius 2 is 1.96 bits per heavy atom. The van der Waals surface area contributed by atoms with Gasteiger partial charge in [-0.15, -0.1) is 0 Å². The monoisotopic (exact) mass is 372 g/mol. The molecule has 5 heteroatoms. The third-order valence-electron chi connectivity index (χ3n) is 5.75. The van der Waals surface area contributed by atoms with E-state index in [1.165, 1.54) is 10.8 Å². The Morgan fingerprint density at radius 3 is 2.75 bits per heavy atom. The number of carboxylic acids is 1. The minimum Gasteiger partial charge on any atom is -0.483 e. The Labute approximate surface area is 162 Å². The van der Waals surface area contributed by atoms with Crippen LogP contribution in [0.4, 0.5) is 0 Å². The van der Waals surface area contributed by atoms with Gasteiger partial charge >= 0.3 is 5.97 Å². The Morgan fingerprint density at radius 1 is 1.18 bits per heavy atom. The molecule has 0 saturated carbocycles. The van der Waals surface area contributed by atoms with Gasteiger partial charge in [-0.25, -0.2) is 9.78 Å². The summed E-state index contributed by atoms with van der Waals surface area (Å²) in [5.41, 5.74) is 3.68. The molecule has 28 heavy (non-hydrogen) atoms. The van der Waals surface area contributed by atoms with Crippen LogP contribution in [0.25, 0.3) is 21.8 Å². The summed E-state index contributed by atoms with van der Waals surface area (Å²) in [6, 6.07) is 16.3. The molecule has 0 unspecified atom stereocenters. The van der Waals surface area contributed by atoms with Crippen molar-refractivity contribution in [1.82, 2.24) is 9.55 Å². The molecule has 1 aliphatic heterocycles. The standard InChI is InChI=1S/C23H20N2O3/c1-13-24-21-19(25(13)2)12-18(23(26)27)17-9-10-20(28-22(17)21)16-8-7-14-5-3-4-6-15(14)11-16/h3-8,11-12,20H,9-10H2,1-2H3,(H,26,27)/t20-/m0/s1. The van der Waals surface area contributed by atoms with Crippen LogP contribution in [0.15, 0.2) is 48.5 Å². The summed E-state index contributed by atoms with van der Waals surface area (Å²) in [6.45, 7) is 1.91. The highest BCUT2D eigenvalue weighted by molar-refractivity contribution is 5.98. The summed E-state index contributed by atoms with van der Waals surface area (Å²) in [5.74, 6) is 0.518. The Balaban J connectivity index is 1.65. The third kappa shape index (κ3) is 2.47. The summed E-state index contributed by atoms with van der Waals surface area (Å²) in [6.07, 6.45) is 1.27. The molecule has 0 radical (unpaired) electrons. The van der Waals surface area contributed by atoms with E-state index in [1.54, 1.807) is 6.07 Å². The molecule has 4 aromatic rings. The predicted octanol–water partition coefficient (Wildman–Crippen LogP) is 4.80. The number of nitrogens with zero attached hydrogens (tertiary/aromatic N) is 2. The number of benzene rings is 3. The molecule has 0 aliphatic carbocycles. The lowest BCUT2D eigenvalue weighted by Gasteiger charge is -2.28. The first-order valence-electron chi connectivity index (χ1n) is 9.40. The van der Waals surface area contributed by atoms with Crippen molar-refractivity contribution in [3.63, 3.8) is 0 Å². The van der Waals surface area contributed by atoms with Crippen molar-refractivity contribution in [3.8, 4) is 5.75 Å². The van der Waals surface area contributed by atoms with Crippen LogP contribution in [-0.2, 0) is 13.5 Å². The second kappa shape index (κ2) is 6.09. The fourth-order valence-corrected chi connectivity index (χ4v) is 4.13. The number of rotatable bonds is 2. The summed E-state index contributed by atoms with van der Waals surface area (Å²) >= 11 is 0. The molecule has 0 amide bonds. The smallest absolute Gasteiger partial charge is 0.336 e. The summed E-state index contributed by atoms with van der Waals surface area (Å²) in [7, 11) is 1.90. The molecule has 140 valence electrons. The first-order valence-corrected chi connectivity index (χ1v) is 9.40. The van der Waals surface area contributed by atoms with Gasteiger partial charge in [0, 0.05) is 12.6 Å². The van der Waals surface area contributed by atoms with Crippen LogP contribution in [0.1, 0.15) is 39.8 Å². The normalized spacial score (nSPS) is 16.1. The number of hydrogen-bond acceptors (Lipinski definition) is 3. The van der Waals surface area contributed by atoms with E-state index in [1.807, 2.05) is 30.7 Å². The lowest BCUT2D eigenvalue weighted by Crippen LogP contribution is -2.18. The maximum atomic E-state index is 11.8. The zero-order valence-corrected chi connectivity index (χ0v) is 15.8. The van der Waals surface area contributed by atoms with E-state index in [0.29, 0.717) is 17.7 Å². The van der Waals surface area contributed by atoms with Gasteiger partial charge in [0.2, 0.25) is 0 Å². The summed E-state index contributed by atoms with van der Waals surface area (Å²) in [4.78, 5) is 16.5. The highest BCUT2D eigenvalue weighted by Gasteiger charge is 2.29. The molecule has 5 rings (SSSR count). The van der Waals surface area contributed by atoms with Gasteiger partial charge in [-0.1, -0.05) is 36.4 Å². The zero-order valence-electron chi connectivity index (χ0n) is 15.8. The van der Waals surface area contributed by atoms with E-state index in [9.17, 15) is 9.90 Å². The van der Waals surface area contributed by atoms with Crippen molar-refractivity contribution in [2.75, 3.05) is 0 Å². The largest absolute Gasteiger partial charge is 0.483 e. The molecule has 1 aromatic heterocycles. The van der Waals surface area contributed by atoms with Gasteiger partial charge in [-0.3, -0.25) is 0 Å². The molecule has 3 aromatic carbocycles. The van der Waals surface area contributed by atoms with Crippen LogP contribution >= 0.6 is 0 Å². The number of ether oxygens (including phenoxy) is 1. The Hall–Kier alpha value is -3.34. The highest BCUT2D eigenvalue weighted by Crippen LogP contribution is 2.42. The first kappa shape index (κ1) is 16.8. The van der Waals surface area contributed by atoms with Gasteiger partial charge < -0.3 is 14.4 Å². The van der Waals surface area contributed by atoms with Crippen molar-refractivity contribution in [2.24, 2.45) is 7.05 Å². The molecule has 0 fully saturated rings. The fraction of sp³-hybridized carbons (Fsp3) is 0.217. The van der Waals surface area contributed by atoms with Gasteiger partial charge in [-0.2, -0.15) is 0 Å². The van der Waals surface area contributed by atoms with Crippen LogP contribution in [0.5, 0.6) is 5.75 Å². The van der Waals surface area contributed by atoms with Crippen LogP contribution in [0.3, 0.4) is 0 Å². The Kier molecular flexibility index (Phi) is 3.66. The Bertz CT molecular complexity index is 1260. The maximum Gasteiger partial charge on any atom is 0.336 e. The number of aromatic carboxylic acids is 1. The molecule has 5 nitrogen and oxygen atoms in total. The summed E-state index contributed by atoms with van der Waals surface area (Å²) < 4.78 is 8.31.